The van der Waals surface area contributed by atoms with E-state index >= 15 is 0 Å². The molecule has 0 fully saturated rings. The van der Waals surface area contributed by atoms with E-state index in [1.807, 2.05) is 18.2 Å². The lowest BCUT2D eigenvalue weighted by Crippen LogP contribution is -2.24. The molecule has 1 nitrogen and oxygen atoms in total. The van der Waals surface area contributed by atoms with Gasteiger partial charge in [0, 0.05) is 12.6 Å². The number of halogens is 2. The highest BCUT2D eigenvalue weighted by molar-refractivity contribution is 6.42. The number of hydrogen-bond acceptors (Lipinski definition) is 1. The molecule has 1 aliphatic carbocycles. The zero-order valence-corrected chi connectivity index (χ0v) is 12.7. The van der Waals surface area contributed by atoms with Crippen LogP contribution in [0.5, 0.6) is 0 Å². The largest absolute Gasteiger partial charge is 0.306 e. The minimum absolute atomic E-state index is 0.412. The summed E-state index contributed by atoms with van der Waals surface area (Å²) >= 11 is 12.3. The molecule has 3 rings (SSSR count). The van der Waals surface area contributed by atoms with E-state index in [1.54, 1.807) is 0 Å². The molecule has 20 heavy (non-hydrogen) atoms. The van der Waals surface area contributed by atoms with Crippen molar-refractivity contribution in [1.82, 2.24) is 5.32 Å². The van der Waals surface area contributed by atoms with Crippen molar-refractivity contribution in [3.8, 4) is 0 Å². The van der Waals surface area contributed by atoms with Gasteiger partial charge >= 0.3 is 0 Å². The van der Waals surface area contributed by atoms with Gasteiger partial charge in [0.05, 0.1) is 10.0 Å². The van der Waals surface area contributed by atoms with Gasteiger partial charge in [-0.3, -0.25) is 0 Å². The molecule has 0 aromatic heterocycles. The van der Waals surface area contributed by atoms with Gasteiger partial charge in [-0.15, -0.1) is 0 Å². The maximum Gasteiger partial charge on any atom is 0.0637 e. The number of aryl methyl sites for hydroxylation is 1. The fourth-order valence-corrected chi connectivity index (χ4v) is 3.27. The molecule has 1 atom stereocenters. The lowest BCUT2D eigenvalue weighted by Gasteiger charge is -2.26. The van der Waals surface area contributed by atoms with E-state index in [4.69, 9.17) is 23.2 Å². The molecular weight excluding hydrogens is 289 g/mol. The van der Waals surface area contributed by atoms with Crippen molar-refractivity contribution in [2.24, 2.45) is 0 Å². The molecule has 0 saturated heterocycles. The fraction of sp³-hybridized carbons (Fsp3) is 0.294. The molecule has 0 heterocycles. The maximum atomic E-state index is 6.24. The van der Waals surface area contributed by atoms with Gasteiger partial charge < -0.3 is 5.32 Å². The third-order valence-corrected chi connectivity index (χ3v) is 4.80. The molecule has 3 heteroatoms. The Morgan fingerprint density at radius 2 is 1.90 bits per heavy atom. The molecule has 0 saturated carbocycles. The highest BCUT2D eigenvalue weighted by atomic mass is 35.5. The number of hydrogen-bond donors (Lipinski definition) is 1. The van der Waals surface area contributed by atoms with Crippen molar-refractivity contribution in [1.29, 1.82) is 0 Å². The highest BCUT2D eigenvalue weighted by Crippen LogP contribution is 2.31. The first-order valence-electron chi connectivity index (χ1n) is 7.00. The lowest BCUT2D eigenvalue weighted by atomic mass is 9.87. The van der Waals surface area contributed by atoms with E-state index in [1.165, 1.54) is 30.4 Å². The van der Waals surface area contributed by atoms with Crippen molar-refractivity contribution in [2.45, 2.75) is 31.8 Å². The minimum atomic E-state index is 0.412. The second kappa shape index (κ2) is 6.17. The van der Waals surface area contributed by atoms with E-state index in [-0.39, 0.29) is 0 Å². The second-order valence-corrected chi connectivity index (χ2v) is 6.02. The van der Waals surface area contributed by atoms with E-state index in [0.29, 0.717) is 16.1 Å². The molecule has 0 aliphatic heterocycles. The quantitative estimate of drug-likeness (QED) is 0.826. The minimum Gasteiger partial charge on any atom is -0.306 e. The van der Waals surface area contributed by atoms with Crippen LogP contribution in [0.2, 0.25) is 10.0 Å². The average Bonchev–Trinajstić information content (AvgIpc) is 2.49. The number of rotatable bonds is 3. The zero-order chi connectivity index (χ0) is 13.9. The van der Waals surface area contributed by atoms with Crippen LogP contribution in [0.3, 0.4) is 0 Å². The molecule has 2 aromatic rings. The maximum absolute atomic E-state index is 6.24. The first-order chi connectivity index (χ1) is 9.75. The molecular formula is C17H17Cl2N. The molecule has 0 amide bonds. The predicted octanol–water partition coefficient (Wildman–Crippen LogP) is 5.16. The summed E-state index contributed by atoms with van der Waals surface area (Å²) < 4.78 is 0. The van der Waals surface area contributed by atoms with Crippen molar-refractivity contribution in [3.63, 3.8) is 0 Å². The van der Waals surface area contributed by atoms with Crippen LogP contribution in [0.15, 0.2) is 42.5 Å². The SMILES string of the molecule is Clc1cccc(CN[C@H]2CCCc3ccccc32)c1Cl. The van der Waals surface area contributed by atoms with Crippen molar-refractivity contribution < 1.29 is 0 Å². The second-order valence-electron chi connectivity index (χ2n) is 5.24. The van der Waals surface area contributed by atoms with Crippen molar-refractivity contribution in [2.75, 3.05) is 0 Å². The first-order valence-corrected chi connectivity index (χ1v) is 7.75. The van der Waals surface area contributed by atoms with Crippen LogP contribution in [0.25, 0.3) is 0 Å². The Kier molecular flexibility index (Phi) is 4.30. The van der Waals surface area contributed by atoms with Crippen LogP contribution in [-0.4, -0.2) is 0 Å². The number of benzene rings is 2. The van der Waals surface area contributed by atoms with Gasteiger partial charge in [-0.25, -0.2) is 0 Å². The van der Waals surface area contributed by atoms with Gasteiger partial charge in [0.15, 0.2) is 0 Å². The van der Waals surface area contributed by atoms with Crippen molar-refractivity contribution >= 4 is 23.2 Å². The van der Waals surface area contributed by atoms with Gasteiger partial charge in [0.1, 0.15) is 0 Å². The van der Waals surface area contributed by atoms with Crippen LogP contribution in [-0.2, 0) is 13.0 Å². The fourth-order valence-electron chi connectivity index (χ4n) is 2.88. The summed E-state index contributed by atoms with van der Waals surface area (Å²) in [4.78, 5) is 0. The molecule has 1 N–H and O–H groups in total. The third-order valence-electron chi connectivity index (χ3n) is 3.94. The van der Waals surface area contributed by atoms with E-state index in [0.717, 1.165) is 12.1 Å². The third kappa shape index (κ3) is 2.85. The van der Waals surface area contributed by atoms with Crippen molar-refractivity contribution in [3.05, 3.63) is 69.2 Å². The van der Waals surface area contributed by atoms with Gasteiger partial charge in [-0.1, -0.05) is 59.6 Å². The van der Waals surface area contributed by atoms with E-state index in [2.05, 4.69) is 29.6 Å². The van der Waals surface area contributed by atoms with Gasteiger partial charge in [0.25, 0.3) is 0 Å². The topological polar surface area (TPSA) is 12.0 Å². The Balaban J connectivity index is 1.75. The van der Waals surface area contributed by atoms with E-state index in [9.17, 15) is 0 Å². The number of nitrogens with one attached hydrogen (secondary N) is 1. The summed E-state index contributed by atoms with van der Waals surface area (Å²) in [5.74, 6) is 0. The molecule has 0 bridgehead atoms. The smallest absolute Gasteiger partial charge is 0.0637 e. The number of fused-ring (bicyclic) bond motifs is 1. The Morgan fingerprint density at radius 1 is 1.05 bits per heavy atom. The molecule has 0 radical (unpaired) electrons. The standard InChI is InChI=1S/C17H17Cl2N/c18-15-9-3-7-13(17(15)19)11-20-16-10-4-6-12-5-1-2-8-14(12)16/h1-3,5,7-9,16,20H,4,6,10-11H2/t16-/m0/s1. The Morgan fingerprint density at radius 3 is 2.80 bits per heavy atom. The van der Waals surface area contributed by atoms with Crippen LogP contribution in [0.4, 0.5) is 0 Å². The molecule has 0 spiro atoms. The zero-order valence-electron chi connectivity index (χ0n) is 11.2. The van der Waals surface area contributed by atoms with Crippen LogP contribution in [0, 0.1) is 0 Å². The Hall–Kier alpha value is -1.02. The summed E-state index contributed by atoms with van der Waals surface area (Å²) in [6, 6.07) is 14.9. The van der Waals surface area contributed by atoms with Crippen LogP contribution < -0.4 is 5.32 Å². The highest BCUT2D eigenvalue weighted by Gasteiger charge is 2.19. The summed E-state index contributed by atoms with van der Waals surface area (Å²) in [5, 5.41) is 4.90. The lowest BCUT2D eigenvalue weighted by molar-refractivity contribution is 0.459. The van der Waals surface area contributed by atoms with Gasteiger partial charge in [0.2, 0.25) is 0 Å². The normalized spacial score (nSPS) is 17.8. The molecule has 2 aromatic carbocycles. The first kappa shape index (κ1) is 13.9. The Labute approximate surface area is 129 Å². The Bertz CT molecular complexity index is 610. The molecule has 104 valence electrons. The summed E-state index contributed by atoms with van der Waals surface area (Å²) in [6.07, 6.45) is 3.60. The summed E-state index contributed by atoms with van der Waals surface area (Å²) in [5.41, 5.74) is 3.95. The van der Waals surface area contributed by atoms with Gasteiger partial charge in [-0.05, 0) is 42.0 Å². The molecule has 0 unspecified atom stereocenters. The predicted molar refractivity (Wildman–Crippen MR) is 85.4 cm³/mol. The summed E-state index contributed by atoms with van der Waals surface area (Å²) in [7, 11) is 0. The van der Waals surface area contributed by atoms with E-state index < -0.39 is 0 Å². The average molecular weight is 306 g/mol. The van der Waals surface area contributed by atoms with Crippen LogP contribution in [0.1, 0.15) is 35.6 Å². The van der Waals surface area contributed by atoms with Crippen LogP contribution >= 0.6 is 23.2 Å². The molecule has 1 aliphatic rings. The van der Waals surface area contributed by atoms with Gasteiger partial charge in [-0.2, -0.15) is 0 Å². The summed E-state index contributed by atoms with van der Waals surface area (Å²) in [6.45, 7) is 0.748. The monoisotopic (exact) mass is 305 g/mol.